The molecule has 0 aliphatic carbocycles. The van der Waals surface area contributed by atoms with Gasteiger partial charge in [-0.05, 0) is 83.5 Å². The van der Waals surface area contributed by atoms with Gasteiger partial charge in [0.1, 0.15) is 0 Å². The van der Waals surface area contributed by atoms with Gasteiger partial charge in [0, 0.05) is 12.8 Å². The van der Waals surface area contributed by atoms with E-state index in [0.29, 0.717) is 19.4 Å². The number of carbonyl (C=O) groups excluding carboxylic acids is 2. The minimum Gasteiger partial charge on any atom is -0.466 e. The van der Waals surface area contributed by atoms with Crippen molar-refractivity contribution in [3.05, 3.63) is 48.6 Å². The SMILES string of the molecule is CCCC/C=C\C/C=C\CCCCCCCC(=O)OCCCC/C=C\CCCCCCCC(=O)NC(CO)C(O)/C=C/CCCCCCCCCCCCCCCCCCCCCCC. The number of unbranched alkanes of at least 4 members (excludes halogenated alkanes) is 35. The maximum Gasteiger partial charge on any atom is 0.305 e. The number of ether oxygens (including phenoxy) is 1. The van der Waals surface area contributed by atoms with E-state index in [1.165, 1.54) is 167 Å². The minimum absolute atomic E-state index is 0.0477. The first-order chi connectivity index (χ1) is 32.0. The van der Waals surface area contributed by atoms with Crippen LogP contribution in [0.3, 0.4) is 0 Å². The largest absolute Gasteiger partial charge is 0.466 e. The first-order valence-corrected chi connectivity index (χ1v) is 28.4. The fourth-order valence-corrected chi connectivity index (χ4v) is 8.41. The van der Waals surface area contributed by atoms with Crippen molar-refractivity contribution in [2.75, 3.05) is 13.2 Å². The molecule has 0 rings (SSSR count). The van der Waals surface area contributed by atoms with Crippen LogP contribution in [0.4, 0.5) is 0 Å². The van der Waals surface area contributed by atoms with Crippen molar-refractivity contribution in [2.45, 2.75) is 302 Å². The zero-order valence-electron chi connectivity index (χ0n) is 43.2. The molecule has 0 aromatic heterocycles. The maximum absolute atomic E-state index is 12.5. The van der Waals surface area contributed by atoms with Crippen LogP contribution in [-0.2, 0) is 14.3 Å². The van der Waals surface area contributed by atoms with Gasteiger partial charge in [0.25, 0.3) is 0 Å². The number of nitrogens with one attached hydrogen (secondary N) is 1. The first-order valence-electron chi connectivity index (χ1n) is 28.4. The molecule has 3 N–H and O–H groups in total. The zero-order valence-corrected chi connectivity index (χ0v) is 43.2. The third kappa shape index (κ3) is 51.1. The van der Waals surface area contributed by atoms with Crippen LogP contribution in [-0.4, -0.2) is 47.4 Å². The van der Waals surface area contributed by atoms with Crippen molar-refractivity contribution in [1.29, 1.82) is 0 Å². The van der Waals surface area contributed by atoms with Gasteiger partial charge in [-0.15, -0.1) is 0 Å². The Morgan fingerprint density at radius 2 is 0.785 bits per heavy atom. The van der Waals surface area contributed by atoms with Crippen molar-refractivity contribution in [3.8, 4) is 0 Å². The van der Waals surface area contributed by atoms with E-state index in [0.717, 1.165) is 96.3 Å². The molecular weight excluding hydrogens is 803 g/mol. The predicted molar refractivity (Wildman–Crippen MR) is 282 cm³/mol. The number of hydrogen-bond donors (Lipinski definition) is 3. The van der Waals surface area contributed by atoms with E-state index in [1.54, 1.807) is 6.08 Å². The van der Waals surface area contributed by atoms with Gasteiger partial charge in [-0.1, -0.05) is 242 Å². The van der Waals surface area contributed by atoms with Crippen molar-refractivity contribution in [1.82, 2.24) is 5.32 Å². The monoisotopic (exact) mass is 912 g/mol. The lowest BCUT2D eigenvalue weighted by atomic mass is 10.0. The van der Waals surface area contributed by atoms with Gasteiger partial charge in [-0.2, -0.15) is 0 Å². The lowest BCUT2D eigenvalue weighted by Crippen LogP contribution is -2.45. The summed E-state index contributed by atoms with van der Waals surface area (Å²) in [6, 6.07) is -0.652. The highest BCUT2D eigenvalue weighted by molar-refractivity contribution is 5.76. The molecule has 0 heterocycles. The van der Waals surface area contributed by atoms with E-state index in [4.69, 9.17) is 4.74 Å². The normalized spacial score (nSPS) is 13.0. The molecular formula is C59H109NO5. The highest BCUT2D eigenvalue weighted by Gasteiger charge is 2.18. The summed E-state index contributed by atoms with van der Waals surface area (Å²) < 4.78 is 5.43. The minimum atomic E-state index is -0.865. The number of carbonyl (C=O) groups is 2. The van der Waals surface area contributed by atoms with Gasteiger partial charge in [0.05, 0.1) is 25.4 Å². The molecule has 2 unspecified atom stereocenters. The summed E-state index contributed by atoms with van der Waals surface area (Å²) >= 11 is 0. The quantitative estimate of drug-likeness (QED) is 0.0321. The summed E-state index contributed by atoms with van der Waals surface area (Å²) in [4.78, 5) is 24.5. The molecule has 0 radical (unpaired) electrons. The number of allylic oxidation sites excluding steroid dienone is 7. The third-order valence-electron chi connectivity index (χ3n) is 12.8. The van der Waals surface area contributed by atoms with Gasteiger partial charge in [0.15, 0.2) is 0 Å². The van der Waals surface area contributed by atoms with Crippen molar-refractivity contribution >= 4 is 11.9 Å². The Morgan fingerprint density at radius 3 is 1.23 bits per heavy atom. The summed E-state index contributed by atoms with van der Waals surface area (Å²) in [6.45, 7) is 4.78. The Hall–Kier alpha value is -2.18. The highest BCUT2D eigenvalue weighted by Crippen LogP contribution is 2.16. The molecule has 0 spiro atoms. The molecule has 6 heteroatoms. The first kappa shape index (κ1) is 62.8. The second kappa shape index (κ2) is 54.4. The zero-order chi connectivity index (χ0) is 47.2. The Labute approximate surface area is 404 Å². The smallest absolute Gasteiger partial charge is 0.305 e. The van der Waals surface area contributed by atoms with Crippen LogP contribution in [0.2, 0.25) is 0 Å². The summed E-state index contributed by atoms with van der Waals surface area (Å²) in [5.41, 5.74) is 0. The molecule has 2 atom stereocenters. The molecule has 0 aliphatic rings. The third-order valence-corrected chi connectivity index (χ3v) is 12.8. The summed E-state index contributed by atoms with van der Waals surface area (Å²) in [7, 11) is 0. The van der Waals surface area contributed by atoms with Crippen LogP contribution in [0.15, 0.2) is 48.6 Å². The summed E-state index contributed by atoms with van der Waals surface area (Å²) in [5, 5.41) is 23.1. The number of hydrogen-bond acceptors (Lipinski definition) is 5. The highest BCUT2D eigenvalue weighted by atomic mass is 16.5. The van der Waals surface area contributed by atoms with Crippen LogP contribution in [0.5, 0.6) is 0 Å². The molecule has 0 aromatic rings. The maximum atomic E-state index is 12.5. The molecule has 6 nitrogen and oxygen atoms in total. The average molecular weight is 913 g/mol. The lowest BCUT2D eigenvalue weighted by Gasteiger charge is -2.20. The summed E-state index contributed by atoms with van der Waals surface area (Å²) in [5.74, 6) is -0.145. The summed E-state index contributed by atoms with van der Waals surface area (Å²) in [6.07, 6.45) is 68.4. The molecule has 0 saturated heterocycles. The molecule has 65 heavy (non-hydrogen) atoms. The molecule has 0 fully saturated rings. The fraction of sp³-hybridized carbons (Fsp3) is 0.831. The van der Waals surface area contributed by atoms with E-state index in [9.17, 15) is 19.8 Å². The number of amides is 1. The second-order valence-electron chi connectivity index (χ2n) is 19.3. The number of aliphatic hydroxyl groups is 2. The van der Waals surface area contributed by atoms with Crippen molar-refractivity contribution in [2.24, 2.45) is 0 Å². The number of esters is 1. The van der Waals surface area contributed by atoms with Crippen LogP contribution >= 0.6 is 0 Å². The molecule has 380 valence electrons. The molecule has 0 bridgehead atoms. The van der Waals surface area contributed by atoms with E-state index in [-0.39, 0.29) is 18.5 Å². The molecule has 0 saturated carbocycles. The van der Waals surface area contributed by atoms with Gasteiger partial charge in [0.2, 0.25) is 5.91 Å². The van der Waals surface area contributed by atoms with E-state index in [2.05, 4.69) is 55.6 Å². The van der Waals surface area contributed by atoms with Crippen molar-refractivity contribution in [3.63, 3.8) is 0 Å². The van der Waals surface area contributed by atoms with Gasteiger partial charge >= 0.3 is 5.97 Å². The Kier molecular flexibility index (Phi) is 52.6. The average Bonchev–Trinajstić information content (AvgIpc) is 3.31. The molecule has 0 aliphatic heterocycles. The van der Waals surface area contributed by atoms with E-state index < -0.39 is 12.1 Å². The molecule has 1 amide bonds. The topological polar surface area (TPSA) is 95.9 Å². The van der Waals surface area contributed by atoms with Crippen LogP contribution < -0.4 is 5.32 Å². The Balaban J connectivity index is 3.56. The lowest BCUT2D eigenvalue weighted by molar-refractivity contribution is -0.143. The van der Waals surface area contributed by atoms with Crippen LogP contribution in [0.1, 0.15) is 290 Å². The second-order valence-corrected chi connectivity index (χ2v) is 19.3. The number of aliphatic hydroxyl groups excluding tert-OH is 2. The van der Waals surface area contributed by atoms with Crippen LogP contribution in [0.25, 0.3) is 0 Å². The van der Waals surface area contributed by atoms with Gasteiger partial charge < -0.3 is 20.3 Å². The van der Waals surface area contributed by atoms with Gasteiger partial charge in [-0.3, -0.25) is 9.59 Å². The Morgan fingerprint density at radius 1 is 0.431 bits per heavy atom. The number of rotatable bonds is 52. The van der Waals surface area contributed by atoms with Crippen LogP contribution in [0, 0.1) is 0 Å². The molecule has 0 aromatic carbocycles. The van der Waals surface area contributed by atoms with Crippen molar-refractivity contribution < 1.29 is 24.5 Å². The fourth-order valence-electron chi connectivity index (χ4n) is 8.41. The van der Waals surface area contributed by atoms with E-state index in [1.807, 2.05) is 6.08 Å². The standard InChI is InChI=1S/C59H109NO5/c1-3-5-7-9-11-13-15-17-19-20-21-22-23-24-25-26-27-28-31-35-39-43-47-51-57(62)56(55-61)60-58(63)52-48-44-40-36-32-30-34-38-42-46-50-54-65-59(64)53-49-45-41-37-33-29-18-16-14-12-10-8-6-4-2/h10,12,16,18,34,38,47,51,56-57,61-62H,3-9,11,13-15,17,19-33,35-37,39-46,48-50,52-55H2,1-2H3,(H,60,63)/b12-10-,18-16-,38-34-,51-47+. The van der Waals surface area contributed by atoms with E-state index >= 15 is 0 Å². The Bertz CT molecular complexity index is 1100. The predicted octanol–water partition coefficient (Wildman–Crippen LogP) is 17.4. The van der Waals surface area contributed by atoms with Gasteiger partial charge in [-0.25, -0.2) is 0 Å².